The molecule has 0 saturated carbocycles. The summed E-state index contributed by atoms with van der Waals surface area (Å²) in [5.74, 6) is 0.811. The van der Waals surface area contributed by atoms with Crippen LogP contribution in [0.25, 0.3) is 21.3 Å². The van der Waals surface area contributed by atoms with Crippen molar-refractivity contribution >= 4 is 38.4 Å². The molecule has 0 unspecified atom stereocenters. The molecule has 0 N–H and O–H groups in total. The van der Waals surface area contributed by atoms with E-state index in [1.807, 2.05) is 6.07 Å². The van der Waals surface area contributed by atoms with Gasteiger partial charge in [0.2, 0.25) is 0 Å². The first-order valence-corrected chi connectivity index (χ1v) is 9.92. The van der Waals surface area contributed by atoms with Crippen LogP contribution in [0.2, 0.25) is 0 Å². The Morgan fingerprint density at radius 2 is 1.85 bits per heavy atom. The highest BCUT2D eigenvalue weighted by molar-refractivity contribution is 7.17. The minimum absolute atomic E-state index is 0.242. The van der Waals surface area contributed by atoms with Crippen molar-refractivity contribution in [2.24, 2.45) is 0 Å². The molecule has 1 fully saturated rings. The van der Waals surface area contributed by atoms with Gasteiger partial charge in [0.25, 0.3) is 0 Å². The quantitative estimate of drug-likeness (QED) is 0.543. The van der Waals surface area contributed by atoms with E-state index in [-0.39, 0.29) is 5.82 Å². The number of hydrogen-bond donors (Lipinski definition) is 0. The zero-order valence-corrected chi connectivity index (χ0v) is 15.6. The molecule has 1 aliphatic heterocycles. The molecule has 0 aliphatic carbocycles. The third kappa shape index (κ3) is 3.15. The van der Waals surface area contributed by atoms with Gasteiger partial charge in [0.05, 0.1) is 27.6 Å². The lowest BCUT2D eigenvalue weighted by molar-refractivity contribution is 0.249. The number of halogens is 1. The number of hydrogen-bond acceptors (Lipinski definition) is 6. The SMILES string of the molecule is Fc1ccc2c(c1)ncn2CCN1CCN(c2ncnc3ccsc23)CC1. The summed E-state index contributed by atoms with van der Waals surface area (Å²) in [6, 6.07) is 6.82. The van der Waals surface area contributed by atoms with Crippen molar-refractivity contribution in [2.75, 3.05) is 37.6 Å². The van der Waals surface area contributed by atoms with Crippen molar-refractivity contribution in [2.45, 2.75) is 6.54 Å². The third-order valence-electron chi connectivity index (χ3n) is 5.14. The van der Waals surface area contributed by atoms with Crippen LogP contribution in [0.3, 0.4) is 0 Å². The molecule has 3 aromatic heterocycles. The fourth-order valence-electron chi connectivity index (χ4n) is 3.65. The van der Waals surface area contributed by atoms with Crippen LogP contribution < -0.4 is 4.90 Å². The standard InChI is InChI=1S/C19H19FN6S/c20-14-1-2-17-16(11-14)23-13-26(17)9-6-24-4-7-25(8-5-24)19-18-15(3-10-27-18)21-12-22-19/h1-3,10-13H,4-9H2. The lowest BCUT2D eigenvalue weighted by Crippen LogP contribution is -2.47. The van der Waals surface area contributed by atoms with Crippen LogP contribution in [0.15, 0.2) is 42.3 Å². The molecule has 0 radical (unpaired) electrons. The van der Waals surface area contributed by atoms with Gasteiger partial charge in [-0.3, -0.25) is 4.90 Å². The monoisotopic (exact) mass is 382 g/mol. The number of imidazole rings is 1. The van der Waals surface area contributed by atoms with Gasteiger partial charge in [0.15, 0.2) is 0 Å². The Balaban J connectivity index is 1.22. The number of nitrogens with zero attached hydrogens (tertiary/aromatic N) is 6. The second-order valence-corrected chi connectivity index (χ2v) is 7.65. The predicted molar refractivity (Wildman–Crippen MR) is 106 cm³/mol. The number of piperazine rings is 1. The van der Waals surface area contributed by atoms with Crippen LogP contribution in [0.1, 0.15) is 0 Å². The summed E-state index contributed by atoms with van der Waals surface area (Å²) in [4.78, 5) is 18.0. The van der Waals surface area contributed by atoms with Crippen molar-refractivity contribution in [3.63, 3.8) is 0 Å². The van der Waals surface area contributed by atoms with E-state index in [0.29, 0.717) is 5.52 Å². The first-order chi connectivity index (χ1) is 13.3. The van der Waals surface area contributed by atoms with E-state index >= 15 is 0 Å². The minimum atomic E-state index is -0.242. The molecule has 4 aromatic rings. The maximum atomic E-state index is 13.3. The number of rotatable bonds is 4. The summed E-state index contributed by atoms with van der Waals surface area (Å²) >= 11 is 1.70. The van der Waals surface area contributed by atoms with Crippen molar-refractivity contribution in [1.82, 2.24) is 24.4 Å². The first-order valence-electron chi connectivity index (χ1n) is 9.04. The topological polar surface area (TPSA) is 50.1 Å². The van der Waals surface area contributed by atoms with Crippen molar-refractivity contribution in [3.8, 4) is 0 Å². The molecule has 4 heterocycles. The zero-order chi connectivity index (χ0) is 18.2. The molecular formula is C19H19FN6S. The molecule has 0 atom stereocenters. The van der Waals surface area contributed by atoms with Crippen LogP contribution in [0.5, 0.6) is 0 Å². The molecule has 5 rings (SSSR count). The van der Waals surface area contributed by atoms with Gasteiger partial charge < -0.3 is 9.47 Å². The van der Waals surface area contributed by atoms with Crippen molar-refractivity contribution in [1.29, 1.82) is 0 Å². The molecule has 6 nitrogen and oxygen atoms in total. The zero-order valence-electron chi connectivity index (χ0n) is 14.8. The van der Waals surface area contributed by atoms with Crippen LogP contribution in [0.4, 0.5) is 10.2 Å². The van der Waals surface area contributed by atoms with E-state index in [0.717, 1.165) is 56.1 Å². The number of anilines is 1. The second-order valence-electron chi connectivity index (χ2n) is 6.73. The lowest BCUT2D eigenvalue weighted by Gasteiger charge is -2.35. The fourth-order valence-corrected chi connectivity index (χ4v) is 4.51. The fraction of sp³-hybridized carbons (Fsp3) is 0.316. The molecule has 27 heavy (non-hydrogen) atoms. The van der Waals surface area contributed by atoms with E-state index in [1.54, 1.807) is 30.1 Å². The van der Waals surface area contributed by atoms with E-state index < -0.39 is 0 Å². The van der Waals surface area contributed by atoms with Gasteiger partial charge in [0, 0.05) is 45.3 Å². The average molecular weight is 382 g/mol. The Kier molecular flexibility index (Phi) is 4.21. The highest BCUT2D eigenvalue weighted by atomic mass is 32.1. The van der Waals surface area contributed by atoms with Gasteiger partial charge in [-0.15, -0.1) is 11.3 Å². The van der Waals surface area contributed by atoms with Crippen molar-refractivity contribution < 1.29 is 4.39 Å². The maximum Gasteiger partial charge on any atom is 0.150 e. The smallest absolute Gasteiger partial charge is 0.150 e. The molecule has 0 spiro atoms. The number of benzene rings is 1. The molecule has 1 saturated heterocycles. The van der Waals surface area contributed by atoms with Gasteiger partial charge in [-0.25, -0.2) is 19.3 Å². The van der Waals surface area contributed by atoms with E-state index in [1.165, 1.54) is 16.8 Å². The molecule has 1 aromatic carbocycles. The minimum Gasteiger partial charge on any atom is -0.353 e. The van der Waals surface area contributed by atoms with Gasteiger partial charge in [-0.1, -0.05) is 0 Å². The summed E-state index contributed by atoms with van der Waals surface area (Å²) in [5, 5.41) is 2.07. The molecule has 8 heteroatoms. The molecule has 0 amide bonds. The Labute approximate surface area is 159 Å². The van der Waals surface area contributed by atoms with Gasteiger partial charge in [0.1, 0.15) is 18.0 Å². The molecule has 0 bridgehead atoms. The number of thiophene rings is 1. The largest absolute Gasteiger partial charge is 0.353 e. The predicted octanol–water partition coefficient (Wildman–Crippen LogP) is 3.00. The Hall–Kier alpha value is -2.58. The summed E-state index contributed by atoms with van der Waals surface area (Å²) in [5.41, 5.74) is 2.72. The van der Waals surface area contributed by atoms with Crippen LogP contribution in [-0.4, -0.2) is 57.1 Å². The number of fused-ring (bicyclic) bond motifs is 2. The summed E-state index contributed by atoms with van der Waals surface area (Å²) < 4.78 is 16.6. The highest BCUT2D eigenvalue weighted by Gasteiger charge is 2.20. The van der Waals surface area contributed by atoms with Crippen LogP contribution >= 0.6 is 11.3 Å². The first kappa shape index (κ1) is 16.6. The normalized spacial score (nSPS) is 15.8. The summed E-state index contributed by atoms with van der Waals surface area (Å²) in [6.45, 7) is 5.72. The van der Waals surface area contributed by atoms with Crippen LogP contribution in [0, 0.1) is 5.82 Å². The van der Waals surface area contributed by atoms with Gasteiger partial charge in [-0.05, 0) is 23.6 Å². The Bertz CT molecular complexity index is 1080. The third-order valence-corrected chi connectivity index (χ3v) is 6.04. The number of aromatic nitrogens is 4. The maximum absolute atomic E-state index is 13.3. The average Bonchev–Trinajstić information content (AvgIpc) is 3.33. The Morgan fingerprint density at radius 3 is 2.74 bits per heavy atom. The second kappa shape index (κ2) is 6.86. The molecular weight excluding hydrogens is 363 g/mol. The van der Waals surface area contributed by atoms with Gasteiger partial charge in [-0.2, -0.15) is 0 Å². The van der Waals surface area contributed by atoms with Gasteiger partial charge >= 0.3 is 0 Å². The lowest BCUT2D eigenvalue weighted by atomic mass is 10.3. The Morgan fingerprint density at radius 1 is 0.963 bits per heavy atom. The summed E-state index contributed by atoms with van der Waals surface area (Å²) in [6.07, 6.45) is 3.46. The van der Waals surface area contributed by atoms with E-state index in [4.69, 9.17) is 0 Å². The molecule has 1 aliphatic rings. The van der Waals surface area contributed by atoms with E-state index in [2.05, 4.69) is 34.7 Å². The summed E-state index contributed by atoms with van der Waals surface area (Å²) in [7, 11) is 0. The van der Waals surface area contributed by atoms with Crippen LogP contribution in [-0.2, 0) is 6.54 Å². The highest BCUT2D eigenvalue weighted by Crippen LogP contribution is 2.28. The van der Waals surface area contributed by atoms with E-state index in [9.17, 15) is 4.39 Å². The molecule has 138 valence electrons. The van der Waals surface area contributed by atoms with Crippen molar-refractivity contribution in [3.05, 3.63) is 48.1 Å².